The number of para-hydroxylation sites is 1. The topological polar surface area (TPSA) is 127 Å². The van der Waals surface area contributed by atoms with Gasteiger partial charge in [0.1, 0.15) is 5.75 Å². The van der Waals surface area contributed by atoms with Gasteiger partial charge in [0.2, 0.25) is 5.13 Å². The maximum absolute atomic E-state index is 11.5. The number of azo groups is 1. The standard InChI is InChI=1S/C19H16N4O5S/c1-28-14-8-6-12(7-9-14)16-11-29-19(20-16)22-21-15(18(24)25)10-13-4-2-3-5-17(13)23(26)27/h2-9,11,15H,10H2,1H3,(H,24,25). The first-order valence-electron chi connectivity index (χ1n) is 8.44. The molecule has 0 aliphatic heterocycles. The van der Waals surface area contributed by atoms with Gasteiger partial charge in [0, 0.05) is 29.0 Å². The maximum Gasteiger partial charge on any atom is 0.330 e. The number of thiazole rings is 1. The third-order valence-corrected chi connectivity index (χ3v) is 4.77. The van der Waals surface area contributed by atoms with E-state index in [0.29, 0.717) is 10.8 Å². The predicted octanol–water partition coefficient (Wildman–Crippen LogP) is 4.51. The van der Waals surface area contributed by atoms with Crippen LogP contribution in [0, 0.1) is 10.1 Å². The summed E-state index contributed by atoms with van der Waals surface area (Å²) >= 11 is 1.22. The molecule has 0 amide bonds. The van der Waals surface area contributed by atoms with Gasteiger partial charge in [-0.05, 0) is 24.3 Å². The SMILES string of the molecule is COc1ccc(-c2csc(N=NC(Cc3ccccc3[N+](=O)[O-])C(=O)O)n2)cc1. The molecule has 1 heterocycles. The smallest absolute Gasteiger partial charge is 0.330 e. The second-order valence-electron chi connectivity index (χ2n) is 5.90. The van der Waals surface area contributed by atoms with Crippen LogP contribution in [0.1, 0.15) is 5.56 Å². The summed E-state index contributed by atoms with van der Waals surface area (Å²) < 4.78 is 5.12. The summed E-state index contributed by atoms with van der Waals surface area (Å²) in [6, 6.07) is 12.0. The van der Waals surface area contributed by atoms with Crippen LogP contribution in [0.5, 0.6) is 5.75 Å². The number of nitrogens with zero attached hydrogens (tertiary/aromatic N) is 4. The fourth-order valence-electron chi connectivity index (χ4n) is 2.57. The van der Waals surface area contributed by atoms with Gasteiger partial charge in [-0.25, -0.2) is 9.78 Å². The summed E-state index contributed by atoms with van der Waals surface area (Å²) in [6.45, 7) is 0. The molecule has 1 N–H and O–H groups in total. The number of hydrogen-bond acceptors (Lipinski definition) is 8. The van der Waals surface area contributed by atoms with Gasteiger partial charge in [-0.15, -0.1) is 16.5 Å². The zero-order valence-electron chi connectivity index (χ0n) is 15.3. The third-order valence-electron chi connectivity index (χ3n) is 4.05. The summed E-state index contributed by atoms with van der Waals surface area (Å²) in [5, 5.41) is 30.4. The number of ether oxygens (including phenoxy) is 1. The monoisotopic (exact) mass is 412 g/mol. The highest BCUT2D eigenvalue weighted by atomic mass is 32.1. The molecule has 29 heavy (non-hydrogen) atoms. The zero-order chi connectivity index (χ0) is 20.8. The van der Waals surface area contributed by atoms with Crippen molar-refractivity contribution in [3.05, 3.63) is 69.6 Å². The highest BCUT2D eigenvalue weighted by Crippen LogP contribution is 2.28. The molecule has 0 saturated heterocycles. The number of carboxylic acid groups (broad SMARTS) is 1. The molecule has 3 aromatic rings. The number of aromatic nitrogens is 1. The lowest BCUT2D eigenvalue weighted by molar-refractivity contribution is -0.385. The van der Waals surface area contributed by atoms with Crippen LogP contribution in [0.2, 0.25) is 0 Å². The van der Waals surface area contributed by atoms with E-state index in [1.807, 2.05) is 24.3 Å². The second-order valence-corrected chi connectivity index (χ2v) is 6.74. The molecule has 0 radical (unpaired) electrons. The van der Waals surface area contributed by atoms with Crippen LogP contribution in [0.4, 0.5) is 10.8 Å². The van der Waals surface area contributed by atoms with Crippen LogP contribution in [0.15, 0.2) is 64.1 Å². The molecule has 0 saturated carbocycles. The molecule has 0 aliphatic rings. The normalized spacial score (nSPS) is 12.0. The van der Waals surface area contributed by atoms with Gasteiger partial charge in [0.05, 0.1) is 17.7 Å². The number of carboxylic acids is 1. The van der Waals surface area contributed by atoms with Gasteiger partial charge in [-0.1, -0.05) is 18.2 Å². The molecular weight excluding hydrogens is 396 g/mol. The van der Waals surface area contributed by atoms with Crippen molar-refractivity contribution in [1.29, 1.82) is 0 Å². The Morgan fingerprint density at radius 1 is 1.28 bits per heavy atom. The number of nitro groups is 1. The maximum atomic E-state index is 11.5. The fraction of sp³-hybridized carbons (Fsp3) is 0.158. The van der Waals surface area contributed by atoms with Gasteiger partial charge >= 0.3 is 5.97 Å². The average Bonchev–Trinajstić information content (AvgIpc) is 3.20. The van der Waals surface area contributed by atoms with E-state index in [2.05, 4.69) is 15.2 Å². The summed E-state index contributed by atoms with van der Waals surface area (Å²) in [5.41, 5.74) is 1.67. The predicted molar refractivity (Wildman–Crippen MR) is 107 cm³/mol. The van der Waals surface area contributed by atoms with Crippen LogP contribution in [0.25, 0.3) is 11.3 Å². The minimum atomic E-state index is -1.26. The molecule has 0 aliphatic carbocycles. The lowest BCUT2D eigenvalue weighted by Gasteiger charge is -2.06. The van der Waals surface area contributed by atoms with Crippen molar-refractivity contribution in [2.24, 2.45) is 10.2 Å². The van der Waals surface area contributed by atoms with Crippen LogP contribution in [0.3, 0.4) is 0 Å². The first kappa shape index (κ1) is 20.1. The molecule has 0 spiro atoms. The molecule has 0 fully saturated rings. The number of benzene rings is 2. The lowest BCUT2D eigenvalue weighted by atomic mass is 10.0. The Kier molecular flexibility index (Phi) is 6.25. The van der Waals surface area contributed by atoms with Gasteiger partial charge in [0.15, 0.2) is 6.04 Å². The largest absolute Gasteiger partial charge is 0.497 e. The minimum absolute atomic E-state index is 0.146. The second kappa shape index (κ2) is 9.02. The van der Waals surface area contributed by atoms with Crippen molar-refractivity contribution >= 4 is 28.1 Å². The number of rotatable bonds is 8. The molecule has 0 bridgehead atoms. The molecular formula is C19H16N4O5S. The Morgan fingerprint density at radius 3 is 2.66 bits per heavy atom. The van der Waals surface area contributed by atoms with E-state index in [9.17, 15) is 20.0 Å². The third kappa shape index (κ3) is 4.99. The van der Waals surface area contributed by atoms with Gasteiger partial charge in [0.25, 0.3) is 5.69 Å². The van der Waals surface area contributed by atoms with E-state index in [1.54, 1.807) is 18.6 Å². The number of hydrogen-bond donors (Lipinski definition) is 1. The van der Waals surface area contributed by atoms with Gasteiger partial charge in [-0.3, -0.25) is 10.1 Å². The number of aliphatic carboxylic acids is 1. The highest BCUT2D eigenvalue weighted by molar-refractivity contribution is 7.13. The number of carbonyl (C=O) groups is 1. The van der Waals surface area contributed by atoms with Crippen molar-refractivity contribution < 1.29 is 19.6 Å². The van der Waals surface area contributed by atoms with Crippen LogP contribution in [-0.2, 0) is 11.2 Å². The first-order chi connectivity index (χ1) is 14.0. The fourth-order valence-corrected chi connectivity index (χ4v) is 3.22. The van der Waals surface area contributed by atoms with E-state index >= 15 is 0 Å². The van der Waals surface area contributed by atoms with Crippen LogP contribution in [-0.4, -0.2) is 34.1 Å². The van der Waals surface area contributed by atoms with E-state index in [-0.39, 0.29) is 17.7 Å². The van der Waals surface area contributed by atoms with Crippen LogP contribution >= 0.6 is 11.3 Å². The first-order valence-corrected chi connectivity index (χ1v) is 9.32. The van der Waals surface area contributed by atoms with Crippen molar-refractivity contribution in [3.63, 3.8) is 0 Å². The Bertz CT molecular complexity index is 1050. The zero-order valence-corrected chi connectivity index (χ0v) is 16.1. The minimum Gasteiger partial charge on any atom is -0.497 e. The van der Waals surface area contributed by atoms with Gasteiger partial charge in [-0.2, -0.15) is 5.11 Å². The van der Waals surface area contributed by atoms with Crippen molar-refractivity contribution in [2.75, 3.05) is 7.11 Å². The molecule has 148 valence electrons. The Morgan fingerprint density at radius 2 is 2.00 bits per heavy atom. The Labute approximate surface area is 169 Å². The van der Waals surface area contributed by atoms with Crippen LogP contribution < -0.4 is 4.74 Å². The quantitative estimate of drug-likeness (QED) is 0.329. The molecule has 10 heteroatoms. The summed E-state index contributed by atoms with van der Waals surface area (Å²) in [6.07, 6.45) is -0.146. The summed E-state index contributed by atoms with van der Waals surface area (Å²) in [4.78, 5) is 26.4. The molecule has 1 atom stereocenters. The lowest BCUT2D eigenvalue weighted by Crippen LogP contribution is -2.20. The summed E-state index contributed by atoms with van der Waals surface area (Å²) in [7, 11) is 1.58. The highest BCUT2D eigenvalue weighted by Gasteiger charge is 2.22. The van der Waals surface area contributed by atoms with Crippen molar-refractivity contribution in [3.8, 4) is 17.0 Å². The molecule has 3 rings (SSSR count). The van der Waals surface area contributed by atoms with Crippen molar-refractivity contribution in [2.45, 2.75) is 12.5 Å². The molecule has 2 aromatic carbocycles. The molecule has 1 aromatic heterocycles. The van der Waals surface area contributed by atoms with E-state index in [4.69, 9.17) is 4.74 Å². The van der Waals surface area contributed by atoms with E-state index in [0.717, 1.165) is 11.3 Å². The molecule has 9 nitrogen and oxygen atoms in total. The van der Waals surface area contributed by atoms with Gasteiger partial charge < -0.3 is 9.84 Å². The Hall–Kier alpha value is -3.66. The molecule has 1 unspecified atom stereocenters. The average molecular weight is 412 g/mol. The number of nitro benzene ring substituents is 1. The Balaban J connectivity index is 1.77. The van der Waals surface area contributed by atoms with E-state index in [1.165, 1.54) is 29.5 Å². The van der Waals surface area contributed by atoms with Crippen molar-refractivity contribution in [1.82, 2.24) is 4.98 Å². The van der Waals surface area contributed by atoms with E-state index < -0.39 is 16.9 Å². The summed E-state index contributed by atoms with van der Waals surface area (Å²) in [5.74, 6) is -0.498. The number of methoxy groups -OCH3 is 1.